The fourth-order valence-electron chi connectivity index (χ4n) is 3.13. The predicted octanol–water partition coefficient (Wildman–Crippen LogP) is 5.00. The molecule has 1 amide bonds. The molecule has 0 spiro atoms. The highest BCUT2D eigenvalue weighted by atomic mass is 35.5. The van der Waals surface area contributed by atoms with Gasteiger partial charge in [-0.2, -0.15) is 0 Å². The van der Waals surface area contributed by atoms with E-state index in [0.717, 1.165) is 18.4 Å². The third kappa shape index (κ3) is 4.20. The highest BCUT2D eigenvalue weighted by Crippen LogP contribution is 2.38. The lowest BCUT2D eigenvalue weighted by Crippen LogP contribution is -2.29. The zero-order chi connectivity index (χ0) is 20.1. The third-order valence-electron chi connectivity index (χ3n) is 4.67. The molecule has 0 aliphatic rings. The van der Waals surface area contributed by atoms with Crippen LogP contribution in [0, 0.1) is 0 Å². The van der Waals surface area contributed by atoms with E-state index in [0.29, 0.717) is 33.7 Å². The van der Waals surface area contributed by atoms with Crippen LogP contribution in [-0.4, -0.2) is 23.1 Å². The number of amides is 1. The predicted molar refractivity (Wildman–Crippen MR) is 111 cm³/mol. The molecule has 0 bridgehead atoms. The summed E-state index contributed by atoms with van der Waals surface area (Å²) in [6.45, 7) is 2.04. The number of fused-ring (bicyclic) bond motifs is 1. The fraction of sp³-hybridized carbons (Fsp3) is 0.273. The molecule has 2 aromatic carbocycles. The van der Waals surface area contributed by atoms with E-state index in [9.17, 15) is 9.90 Å². The first-order valence-electron chi connectivity index (χ1n) is 9.24. The second-order valence-electron chi connectivity index (χ2n) is 6.57. The minimum atomic E-state index is -0.556. The number of carbonyl (C=O) groups is 1. The molecule has 0 saturated carbocycles. The molecule has 146 valence electrons. The summed E-state index contributed by atoms with van der Waals surface area (Å²) in [5.41, 5.74) is 1.73. The molecule has 0 saturated heterocycles. The van der Waals surface area contributed by atoms with Crippen molar-refractivity contribution in [3.63, 3.8) is 0 Å². The van der Waals surface area contributed by atoms with E-state index in [1.807, 2.05) is 31.2 Å². The van der Waals surface area contributed by atoms with Crippen LogP contribution in [0.15, 0.2) is 48.7 Å². The van der Waals surface area contributed by atoms with Gasteiger partial charge in [-0.25, -0.2) is 0 Å². The van der Waals surface area contributed by atoms with Gasteiger partial charge in [0.25, 0.3) is 0 Å². The maximum absolute atomic E-state index is 12.5. The van der Waals surface area contributed by atoms with Gasteiger partial charge < -0.3 is 15.2 Å². The van der Waals surface area contributed by atoms with Gasteiger partial charge in [-0.3, -0.25) is 9.78 Å². The molecule has 1 atom stereocenters. The number of ether oxygens (including phenoxy) is 1. The van der Waals surface area contributed by atoms with Crippen molar-refractivity contribution in [2.24, 2.45) is 0 Å². The molecule has 0 fully saturated rings. The largest absolute Gasteiger partial charge is 0.505 e. The number of nitrogens with one attached hydrogen (secondary N) is 1. The minimum Gasteiger partial charge on any atom is -0.505 e. The van der Waals surface area contributed by atoms with Gasteiger partial charge in [0.2, 0.25) is 5.91 Å². The summed E-state index contributed by atoms with van der Waals surface area (Å²) in [7, 11) is 1.60. The van der Waals surface area contributed by atoms with Crippen molar-refractivity contribution in [3.8, 4) is 11.5 Å². The average Bonchev–Trinajstić information content (AvgIpc) is 2.73. The van der Waals surface area contributed by atoms with Crippen LogP contribution in [0.3, 0.4) is 0 Å². The van der Waals surface area contributed by atoms with E-state index >= 15 is 0 Å². The topological polar surface area (TPSA) is 71.5 Å². The number of phenols is 1. The average molecular weight is 399 g/mol. The Bertz CT molecular complexity index is 973. The minimum absolute atomic E-state index is 0.0107. The monoisotopic (exact) mass is 398 g/mol. The Labute approximate surface area is 169 Å². The summed E-state index contributed by atoms with van der Waals surface area (Å²) < 4.78 is 5.22. The second kappa shape index (κ2) is 8.93. The number of nitrogens with zero attached hydrogens (tertiary/aromatic N) is 1. The maximum atomic E-state index is 12.5. The number of methoxy groups -OCH3 is 1. The number of rotatable bonds is 7. The number of unbranched alkanes of at least 4 members (excludes halogenated alkanes) is 1. The molecular weight excluding hydrogens is 376 g/mol. The number of aromatic hydroxyl groups is 1. The Hall–Kier alpha value is -2.79. The van der Waals surface area contributed by atoms with E-state index in [2.05, 4.69) is 10.3 Å². The van der Waals surface area contributed by atoms with Gasteiger partial charge in [0, 0.05) is 23.6 Å². The van der Waals surface area contributed by atoms with Crippen LogP contribution < -0.4 is 10.1 Å². The van der Waals surface area contributed by atoms with E-state index in [-0.39, 0.29) is 11.7 Å². The summed E-state index contributed by atoms with van der Waals surface area (Å²) in [6, 6.07) is 12.1. The van der Waals surface area contributed by atoms with Gasteiger partial charge in [-0.15, -0.1) is 0 Å². The van der Waals surface area contributed by atoms with Crippen LogP contribution >= 0.6 is 11.6 Å². The molecular formula is C22H23ClN2O3. The Kier molecular flexibility index (Phi) is 6.37. The van der Waals surface area contributed by atoms with E-state index in [1.165, 1.54) is 0 Å². The molecule has 28 heavy (non-hydrogen) atoms. The first kappa shape index (κ1) is 20.0. The van der Waals surface area contributed by atoms with Gasteiger partial charge in [0.05, 0.1) is 18.2 Å². The molecule has 1 aromatic heterocycles. The number of hydrogen-bond acceptors (Lipinski definition) is 4. The third-order valence-corrected chi connectivity index (χ3v) is 4.98. The Morgan fingerprint density at radius 2 is 2.04 bits per heavy atom. The number of halogens is 1. The quantitative estimate of drug-likeness (QED) is 0.587. The summed E-state index contributed by atoms with van der Waals surface area (Å²) in [5, 5.41) is 15.1. The highest BCUT2D eigenvalue weighted by Gasteiger charge is 2.23. The lowest BCUT2D eigenvalue weighted by molar-refractivity contribution is -0.121. The zero-order valence-corrected chi connectivity index (χ0v) is 16.7. The number of phenolic OH excluding ortho intramolecular Hbond substituents is 1. The lowest BCUT2D eigenvalue weighted by atomic mass is 9.95. The lowest BCUT2D eigenvalue weighted by Gasteiger charge is -2.22. The second-order valence-corrected chi connectivity index (χ2v) is 6.98. The van der Waals surface area contributed by atoms with E-state index in [1.54, 1.807) is 31.5 Å². The van der Waals surface area contributed by atoms with Crippen molar-refractivity contribution in [2.75, 3.05) is 7.11 Å². The van der Waals surface area contributed by atoms with Crippen LogP contribution in [0.1, 0.15) is 43.4 Å². The van der Waals surface area contributed by atoms with Crippen LogP contribution in [0.2, 0.25) is 5.02 Å². The van der Waals surface area contributed by atoms with Crippen LogP contribution in [0.5, 0.6) is 11.5 Å². The number of aromatic nitrogens is 1. The molecule has 2 N–H and O–H groups in total. The molecule has 1 heterocycles. The van der Waals surface area contributed by atoms with Crippen molar-refractivity contribution < 1.29 is 14.6 Å². The van der Waals surface area contributed by atoms with Crippen LogP contribution in [0.25, 0.3) is 10.9 Å². The van der Waals surface area contributed by atoms with Gasteiger partial charge in [0.15, 0.2) is 0 Å². The molecule has 0 aliphatic carbocycles. The van der Waals surface area contributed by atoms with E-state index in [4.69, 9.17) is 16.3 Å². The Morgan fingerprint density at radius 1 is 1.29 bits per heavy atom. The smallest absolute Gasteiger partial charge is 0.220 e. The van der Waals surface area contributed by atoms with Crippen molar-refractivity contribution in [1.82, 2.24) is 10.3 Å². The van der Waals surface area contributed by atoms with Gasteiger partial charge >= 0.3 is 0 Å². The Morgan fingerprint density at radius 3 is 2.71 bits per heavy atom. The van der Waals surface area contributed by atoms with Gasteiger partial charge in [-0.1, -0.05) is 37.1 Å². The summed E-state index contributed by atoms with van der Waals surface area (Å²) in [4.78, 5) is 16.7. The SMILES string of the molecule is CCCCC(=O)NC(c1ccc(OC)cc1)c1cc(Cl)c2cccnc2c1O. The molecule has 0 radical (unpaired) electrons. The normalized spacial score (nSPS) is 12.0. The van der Waals surface area contributed by atoms with Crippen LogP contribution in [0.4, 0.5) is 0 Å². The molecule has 0 aliphatic heterocycles. The maximum Gasteiger partial charge on any atom is 0.220 e. The standard InChI is InChI=1S/C22H23ClN2O3/c1-3-4-7-19(26)25-20(14-8-10-15(28-2)11-9-14)17-13-18(23)16-6-5-12-24-21(16)22(17)27/h5-6,8-13,20,27H,3-4,7H2,1-2H3,(H,25,26). The molecule has 6 heteroatoms. The van der Waals surface area contributed by atoms with Crippen molar-refractivity contribution in [2.45, 2.75) is 32.2 Å². The highest BCUT2D eigenvalue weighted by molar-refractivity contribution is 6.35. The van der Waals surface area contributed by atoms with Crippen molar-refractivity contribution in [3.05, 3.63) is 64.8 Å². The fourth-order valence-corrected chi connectivity index (χ4v) is 3.40. The molecule has 3 aromatic rings. The molecule has 3 rings (SSSR count). The van der Waals surface area contributed by atoms with E-state index < -0.39 is 6.04 Å². The van der Waals surface area contributed by atoms with Crippen molar-refractivity contribution >= 4 is 28.4 Å². The number of carbonyl (C=O) groups excluding carboxylic acids is 1. The summed E-state index contributed by atoms with van der Waals surface area (Å²) in [5.74, 6) is 0.637. The summed E-state index contributed by atoms with van der Waals surface area (Å²) >= 11 is 6.45. The summed E-state index contributed by atoms with van der Waals surface area (Å²) in [6.07, 6.45) is 3.75. The van der Waals surface area contributed by atoms with Crippen LogP contribution in [-0.2, 0) is 4.79 Å². The molecule has 5 nitrogen and oxygen atoms in total. The van der Waals surface area contributed by atoms with Crippen molar-refractivity contribution in [1.29, 1.82) is 0 Å². The Balaban J connectivity index is 2.08. The first-order chi connectivity index (χ1) is 13.5. The number of hydrogen-bond donors (Lipinski definition) is 2. The molecule has 1 unspecified atom stereocenters. The number of benzene rings is 2. The van der Waals surface area contributed by atoms with Gasteiger partial charge in [0.1, 0.15) is 17.0 Å². The van der Waals surface area contributed by atoms with Gasteiger partial charge in [-0.05, 0) is 42.3 Å². The first-order valence-corrected chi connectivity index (χ1v) is 9.62. The zero-order valence-electron chi connectivity index (χ0n) is 15.9. The number of pyridine rings is 1.